The van der Waals surface area contributed by atoms with E-state index in [9.17, 15) is 9.59 Å². The first-order valence-corrected chi connectivity index (χ1v) is 12.4. The summed E-state index contributed by atoms with van der Waals surface area (Å²) in [6.07, 6.45) is 7.17. The zero-order chi connectivity index (χ0) is 22.8. The van der Waals surface area contributed by atoms with Gasteiger partial charge in [-0.3, -0.25) is 9.59 Å². The molecule has 1 aliphatic heterocycles. The van der Waals surface area contributed by atoms with Crippen molar-refractivity contribution in [3.05, 3.63) is 60.9 Å². The van der Waals surface area contributed by atoms with Gasteiger partial charge in [-0.1, -0.05) is 0 Å². The predicted molar refractivity (Wildman–Crippen MR) is 139 cm³/mol. The van der Waals surface area contributed by atoms with Crippen molar-refractivity contribution in [3.63, 3.8) is 0 Å². The van der Waals surface area contributed by atoms with Crippen LogP contribution in [0.3, 0.4) is 0 Å². The Labute approximate surface area is 214 Å². The number of halogens is 2. The summed E-state index contributed by atoms with van der Waals surface area (Å²) in [7, 11) is 0. The number of aromatic nitrogens is 1. The van der Waals surface area contributed by atoms with Crippen LogP contribution in [0.4, 0.5) is 5.82 Å². The second-order valence-corrected chi connectivity index (χ2v) is 9.41. The predicted octanol–water partition coefficient (Wildman–Crippen LogP) is 3.72. The minimum absolute atomic E-state index is 0.108. The number of carbonyl (C=O) groups is 2. The fraction of sp³-hybridized carbons (Fsp3) is 0.318. The zero-order valence-corrected chi connectivity index (χ0v) is 21.6. The van der Waals surface area contributed by atoms with Gasteiger partial charge in [-0.15, -0.1) is 0 Å². The average molecular weight is 662 g/mol. The Bertz CT molecular complexity index is 947. The third kappa shape index (κ3) is 8.30. The summed E-state index contributed by atoms with van der Waals surface area (Å²) in [6.45, 7) is 1.66. The van der Waals surface area contributed by atoms with Gasteiger partial charge >= 0.3 is 0 Å². The highest BCUT2D eigenvalue weighted by Gasteiger charge is 2.15. The van der Waals surface area contributed by atoms with Crippen LogP contribution in [0.5, 0.6) is 0 Å². The highest BCUT2D eigenvalue weighted by molar-refractivity contribution is 14.1. The van der Waals surface area contributed by atoms with Crippen LogP contribution in [-0.4, -0.2) is 42.8 Å². The topological polar surface area (TPSA) is 102 Å². The van der Waals surface area contributed by atoms with Gasteiger partial charge in [0.25, 0.3) is 11.8 Å². The van der Waals surface area contributed by atoms with Gasteiger partial charge in [-0.2, -0.15) is 0 Å². The number of hydrogen-bond acceptors (Lipinski definition) is 6. The van der Waals surface area contributed by atoms with E-state index in [0.717, 1.165) is 32.0 Å². The number of anilines is 1. The van der Waals surface area contributed by atoms with Crippen molar-refractivity contribution in [2.45, 2.75) is 25.6 Å². The molecule has 1 atom stereocenters. The molecule has 2 aromatic rings. The van der Waals surface area contributed by atoms with Crippen molar-refractivity contribution in [3.8, 4) is 0 Å². The molecule has 1 aromatic carbocycles. The number of amides is 2. The lowest BCUT2D eigenvalue weighted by Crippen LogP contribution is -2.32. The maximum absolute atomic E-state index is 12.1. The van der Waals surface area contributed by atoms with Crippen LogP contribution in [0.2, 0.25) is 0 Å². The molecular formula is C22H24I2N4O4. The lowest BCUT2D eigenvalue weighted by Gasteiger charge is -2.21. The van der Waals surface area contributed by atoms with E-state index in [1.54, 1.807) is 24.4 Å². The molecule has 10 heteroatoms. The summed E-state index contributed by atoms with van der Waals surface area (Å²) < 4.78 is 7.39. The number of benzene rings is 1. The van der Waals surface area contributed by atoms with E-state index >= 15 is 0 Å². The Hall–Kier alpha value is -1.77. The smallest absolute Gasteiger partial charge is 0.267 e. The molecule has 3 rings (SSSR count). The molecule has 0 saturated carbocycles. The van der Waals surface area contributed by atoms with Crippen molar-refractivity contribution in [1.29, 1.82) is 0 Å². The Morgan fingerprint density at radius 1 is 1.19 bits per heavy atom. The zero-order valence-electron chi connectivity index (χ0n) is 17.3. The largest absolute Gasteiger partial charge is 0.367 e. The SMILES string of the molecule is O=C(/C=C/c1cnc(NCCNC(=O)c2ccc(I)cc2)c(I)c1)NOC1CCCCO1. The molecule has 1 aromatic heterocycles. The van der Waals surface area contributed by atoms with Gasteiger partial charge in [0, 0.05) is 47.5 Å². The number of hydroxylamine groups is 1. The normalized spacial score (nSPS) is 16.0. The second kappa shape index (κ2) is 13.1. The molecule has 3 N–H and O–H groups in total. The van der Waals surface area contributed by atoms with Crippen LogP contribution in [0.25, 0.3) is 6.08 Å². The minimum atomic E-state index is -0.379. The van der Waals surface area contributed by atoms with E-state index in [0.29, 0.717) is 31.1 Å². The van der Waals surface area contributed by atoms with Crippen LogP contribution in [-0.2, 0) is 14.4 Å². The van der Waals surface area contributed by atoms with Gasteiger partial charge in [-0.05, 0) is 100.0 Å². The van der Waals surface area contributed by atoms with Crippen molar-refractivity contribution in [2.24, 2.45) is 0 Å². The molecule has 1 unspecified atom stereocenters. The molecule has 170 valence electrons. The van der Waals surface area contributed by atoms with Gasteiger partial charge in [-0.25, -0.2) is 15.3 Å². The molecule has 8 nitrogen and oxygen atoms in total. The van der Waals surface area contributed by atoms with Gasteiger partial charge < -0.3 is 15.4 Å². The lowest BCUT2D eigenvalue weighted by molar-refractivity contribution is -0.198. The van der Waals surface area contributed by atoms with Gasteiger partial charge in [0.15, 0.2) is 6.29 Å². The monoisotopic (exact) mass is 662 g/mol. The summed E-state index contributed by atoms with van der Waals surface area (Å²) in [4.78, 5) is 33.7. The van der Waals surface area contributed by atoms with Crippen LogP contribution in [0.15, 0.2) is 42.6 Å². The highest BCUT2D eigenvalue weighted by Crippen LogP contribution is 2.17. The lowest BCUT2D eigenvalue weighted by atomic mass is 10.2. The molecule has 0 spiro atoms. The summed E-state index contributed by atoms with van der Waals surface area (Å²) in [5, 5.41) is 6.08. The number of pyridine rings is 1. The standard InChI is InChI=1S/C22H24I2N4O4/c23-17-7-5-16(6-8-17)22(30)26-11-10-25-21-18(24)13-15(14-27-21)4-9-19(29)28-32-20-3-1-2-12-31-20/h4-9,13-14,20H,1-3,10-12H2,(H,25,27)(H,26,30)(H,28,29)/b9-4+. The van der Waals surface area contributed by atoms with Crippen LogP contribution in [0.1, 0.15) is 35.2 Å². The van der Waals surface area contributed by atoms with E-state index < -0.39 is 0 Å². The molecular weight excluding hydrogens is 638 g/mol. The third-order valence-corrected chi connectivity index (χ3v) is 6.07. The van der Waals surface area contributed by atoms with Crippen LogP contribution in [0, 0.1) is 7.14 Å². The molecule has 0 bridgehead atoms. The quantitative estimate of drug-likeness (QED) is 0.164. The van der Waals surface area contributed by atoms with Gasteiger partial charge in [0.05, 0.1) is 3.57 Å². The van der Waals surface area contributed by atoms with Crippen molar-refractivity contribution < 1.29 is 19.2 Å². The first kappa shape index (κ1) is 24.9. The van der Waals surface area contributed by atoms with E-state index in [4.69, 9.17) is 9.57 Å². The number of hydrogen-bond donors (Lipinski definition) is 3. The van der Waals surface area contributed by atoms with Crippen molar-refractivity contribution in [2.75, 3.05) is 25.0 Å². The van der Waals surface area contributed by atoms with E-state index in [1.165, 1.54) is 6.08 Å². The summed E-state index contributed by atoms with van der Waals surface area (Å²) in [5.41, 5.74) is 3.81. The van der Waals surface area contributed by atoms with Gasteiger partial charge in [0.2, 0.25) is 0 Å². The van der Waals surface area contributed by atoms with Crippen molar-refractivity contribution >= 4 is 68.9 Å². The fourth-order valence-electron chi connectivity index (χ4n) is 2.87. The number of carbonyl (C=O) groups excluding carboxylic acids is 2. The van der Waals surface area contributed by atoms with E-state index in [2.05, 4.69) is 66.3 Å². The summed E-state index contributed by atoms with van der Waals surface area (Å²) in [5.74, 6) is 0.248. The van der Waals surface area contributed by atoms with E-state index in [-0.39, 0.29) is 18.1 Å². The van der Waals surface area contributed by atoms with Crippen LogP contribution < -0.4 is 16.1 Å². The Kier molecular flexibility index (Phi) is 10.1. The molecule has 1 fully saturated rings. The second-order valence-electron chi connectivity index (χ2n) is 7.00. The maximum atomic E-state index is 12.1. The molecule has 0 aliphatic carbocycles. The maximum Gasteiger partial charge on any atom is 0.267 e. The van der Waals surface area contributed by atoms with Gasteiger partial charge in [0.1, 0.15) is 5.82 Å². The molecule has 0 radical (unpaired) electrons. The third-order valence-electron chi connectivity index (χ3n) is 4.53. The summed E-state index contributed by atoms with van der Waals surface area (Å²) in [6, 6.07) is 9.32. The average Bonchev–Trinajstić information content (AvgIpc) is 2.81. The van der Waals surface area contributed by atoms with Crippen molar-refractivity contribution in [1.82, 2.24) is 15.8 Å². The number of nitrogens with zero attached hydrogens (tertiary/aromatic N) is 1. The number of rotatable bonds is 9. The Morgan fingerprint density at radius 2 is 2.00 bits per heavy atom. The molecule has 32 heavy (non-hydrogen) atoms. The number of ether oxygens (including phenoxy) is 1. The van der Waals surface area contributed by atoms with E-state index in [1.807, 2.05) is 18.2 Å². The number of nitrogens with one attached hydrogen (secondary N) is 3. The Morgan fingerprint density at radius 3 is 2.72 bits per heavy atom. The molecule has 2 heterocycles. The summed E-state index contributed by atoms with van der Waals surface area (Å²) >= 11 is 4.38. The minimum Gasteiger partial charge on any atom is -0.367 e. The first-order chi connectivity index (χ1) is 15.5. The highest BCUT2D eigenvalue weighted by atomic mass is 127. The first-order valence-electron chi connectivity index (χ1n) is 10.2. The Balaban J connectivity index is 1.40. The van der Waals surface area contributed by atoms with Crippen LogP contribution >= 0.6 is 45.2 Å². The molecule has 1 saturated heterocycles. The fourth-order valence-corrected chi connectivity index (χ4v) is 3.92. The molecule has 2 amide bonds. The molecule has 1 aliphatic rings.